The molecular weight excluding hydrogens is 280 g/mol. The van der Waals surface area contributed by atoms with E-state index in [1.165, 1.54) is 0 Å². The van der Waals surface area contributed by atoms with Gasteiger partial charge < -0.3 is 14.8 Å². The molecule has 0 spiro atoms. The summed E-state index contributed by atoms with van der Waals surface area (Å²) in [5.41, 5.74) is 0.855. The molecular formula is C13H18N2O4S. The number of nitrogens with one attached hydrogen (secondary N) is 2. The average Bonchev–Trinajstić information content (AvgIpc) is 3.12. The van der Waals surface area contributed by atoms with Gasteiger partial charge in [-0.2, -0.15) is 0 Å². The van der Waals surface area contributed by atoms with Crippen molar-refractivity contribution in [3.63, 3.8) is 0 Å². The minimum absolute atomic E-state index is 0.105. The lowest BCUT2D eigenvalue weighted by Gasteiger charge is -2.08. The van der Waals surface area contributed by atoms with Crippen LogP contribution in [0.2, 0.25) is 0 Å². The van der Waals surface area contributed by atoms with Crippen molar-refractivity contribution >= 4 is 10.0 Å². The maximum Gasteiger partial charge on any atom is 0.231 e. The summed E-state index contributed by atoms with van der Waals surface area (Å²) in [6.45, 7) is 0.987. The summed E-state index contributed by atoms with van der Waals surface area (Å²) >= 11 is 0. The Balaban J connectivity index is 1.49. The molecule has 1 aromatic carbocycles. The van der Waals surface area contributed by atoms with Crippen LogP contribution in [0.5, 0.6) is 11.5 Å². The molecule has 0 bridgehead atoms. The van der Waals surface area contributed by atoms with Crippen LogP contribution in [-0.2, 0) is 16.6 Å². The first kappa shape index (κ1) is 13.7. The number of rotatable bonds is 7. The van der Waals surface area contributed by atoms with Gasteiger partial charge in [-0.05, 0) is 30.5 Å². The highest BCUT2D eigenvalue weighted by molar-refractivity contribution is 7.89. The number of sulfonamides is 1. The van der Waals surface area contributed by atoms with Crippen LogP contribution in [0.3, 0.4) is 0 Å². The minimum Gasteiger partial charge on any atom is -0.454 e. The standard InChI is InChI=1S/C13H18N2O4S/c16-20(17,6-5-14-11-2-3-11)15-8-10-1-4-12-13(7-10)19-9-18-12/h1,4,7,11,14-15H,2-3,5-6,8-9H2. The molecule has 3 rings (SSSR count). The highest BCUT2D eigenvalue weighted by Crippen LogP contribution is 2.32. The van der Waals surface area contributed by atoms with Crippen molar-refractivity contribution in [3.8, 4) is 11.5 Å². The Hall–Kier alpha value is -1.31. The van der Waals surface area contributed by atoms with E-state index in [0.29, 0.717) is 24.1 Å². The molecule has 1 aliphatic carbocycles. The lowest BCUT2D eigenvalue weighted by molar-refractivity contribution is 0.174. The highest BCUT2D eigenvalue weighted by atomic mass is 32.2. The van der Waals surface area contributed by atoms with Crippen molar-refractivity contribution in [2.75, 3.05) is 19.1 Å². The molecule has 1 heterocycles. The molecule has 6 nitrogen and oxygen atoms in total. The predicted molar refractivity (Wildman–Crippen MR) is 74.2 cm³/mol. The minimum atomic E-state index is -3.25. The van der Waals surface area contributed by atoms with Gasteiger partial charge in [-0.1, -0.05) is 6.07 Å². The molecule has 7 heteroatoms. The molecule has 2 N–H and O–H groups in total. The molecule has 0 aromatic heterocycles. The molecule has 0 radical (unpaired) electrons. The fourth-order valence-electron chi connectivity index (χ4n) is 2.00. The molecule has 1 saturated carbocycles. The zero-order valence-electron chi connectivity index (χ0n) is 11.1. The van der Waals surface area contributed by atoms with Crippen LogP contribution < -0.4 is 19.5 Å². The molecule has 0 saturated heterocycles. The van der Waals surface area contributed by atoms with Gasteiger partial charge in [-0.25, -0.2) is 13.1 Å². The lowest BCUT2D eigenvalue weighted by atomic mass is 10.2. The van der Waals surface area contributed by atoms with E-state index in [4.69, 9.17) is 9.47 Å². The highest BCUT2D eigenvalue weighted by Gasteiger charge is 2.21. The van der Waals surface area contributed by atoms with Crippen molar-refractivity contribution < 1.29 is 17.9 Å². The summed E-state index contributed by atoms with van der Waals surface area (Å²) in [6, 6.07) is 5.95. The molecule has 1 aliphatic heterocycles. The Labute approximate surface area is 118 Å². The molecule has 1 fully saturated rings. The number of hydrogen-bond donors (Lipinski definition) is 2. The normalized spacial score (nSPS) is 17.4. The van der Waals surface area contributed by atoms with Crippen LogP contribution in [-0.4, -0.2) is 33.6 Å². The first-order valence-corrected chi connectivity index (χ1v) is 8.37. The van der Waals surface area contributed by atoms with Gasteiger partial charge in [0.25, 0.3) is 0 Å². The second kappa shape index (κ2) is 5.59. The molecule has 0 unspecified atom stereocenters. The van der Waals surface area contributed by atoms with Crippen molar-refractivity contribution in [2.45, 2.75) is 25.4 Å². The van der Waals surface area contributed by atoms with Crippen molar-refractivity contribution in [1.82, 2.24) is 10.0 Å². The van der Waals surface area contributed by atoms with Gasteiger partial charge in [-0.3, -0.25) is 0 Å². The fraction of sp³-hybridized carbons (Fsp3) is 0.538. The number of fused-ring (bicyclic) bond motifs is 1. The van der Waals surface area contributed by atoms with Gasteiger partial charge in [0.05, 0.1) is 5.75 Å². The van der Waals surface area contributed by atoms with E-state index in [9.17, 15) is 8.42 Å². The third-order valence-electron chi connectivity index (χ3n) is 3.31. The molecule has 1 aromatic rings. The van der Waals surface area contributed by atoms with Gasteiger partial charge in [-0.15, -0.1) is 0 Å². The summed E-state index contributed by atoms with van der Waals surface area (Å²) in [7, 11) is -3.25. The second-order valence-corrected chi connectivity index (χ2v) is 6.98. The molecule has 110 valence electrons. The average molecular weight is 298 g/mol. The Bertz CT molecular complexity index is 584. The number of hydrogen-bond acceptors (Lipinski definition) is 5. The summed E-state index contributed by atoms with van der Waals surface area (Å²) in [5.74, 6) is 1.47. The number of benzene rings is 1. The van der Waals surface area contributed by atoms with E-state index in [1.807, 2.05) is 6.07 Å². The Kier molecular flexibility index (Phi) is 3.82. The van der Waals surface area contributed by atoms with Crippen LogP contribution in [0, 0.1) is 0 Å². The first-order valence-electron chi connectivity index (χ1n) is 6.72. The molecule has 0 amide bonds. The zero-order chi connectivity index (χ0) is 14.0. The summed E-state index contributed by atoms with van der Waals surface area (Å²) in [5, 5.41) is 3.19. The van der Waals surface area contributed by atoms with Gasteiger partial charge in [0, 0.05) is 19.1 Å². The smallest absolute Gasteiger partial charge is 0.231 e. The van der Waals surface area contributed by atoms with E-state index >= 15 is 0 Å². The fourth-order valence-corrected chi connectivity index (χ4v) is 2.92. The van der Waals surface area contributed by atoms with Gasteiger partial charge in [0.2, 0.25) is 16.8 Å². The van der Waals surface area contributed by atoms with E-state index in [1.54, 1.807) is 12.1 Å². The lowest BCUT2D eigenvalue weighted by Crippen LogP contribution is -2.32. The van der Waals surface area contributed by atoms with Crippen molar-refractivity contribution in [3.05, 3.63) is 23.8 Å². The van der Waals surface area contributed by atoms with E-state index in [-0.39, 0.29) is 19.1 Å². The quantitative estimate of drug-likeness (QED) is 0.770. The van der Waals surface area contributed by atoms with Gasteiger partial charge >= 0.3 is 0 Å². The van der Waals surface area contributed by atoms with E-state index < -0.39 is 10.0 Å². The molecule has 2 aliphatic rings. The van der Waals surface area contributed by atoms with E-state index in [0.717, 1.165) is 18.4 Å². The summed E-state index contributed by atoms with van der Waals surface area (Å²) < 4.78 is 36.7. The molecule has 0 atom stereocenters. The van der Waals surface area contributed by atoms with Crippen molar-refractivity contribution in [2.24, 2.45) is 0 Å². The topological polar surface area (TPSA) is 76.7 Å². The maximum atomic E-state index is 11.8. The predicted octanol–water partition coefficient (Wildman–Crippen LogP) is 0.587. The number of ether oxygens (including phenoxy) is 2. The first-order chi connectivity index (χ1) is 9.62. The van der Waals surface area contributed by atoms with Crippen LogP contribution >= 0.6 is 0 Å². The molecule has 20 heavy (non-hydrogen) atoms. The zero-order valence-corrected chi connectivity index (χ0v) is 11.9. The van der Waals surface area contributed by atoms with Crippen LogP contribution in [0.1, 0.15) is 18.4 Å². The van der Waals surface area contributed by atoms with Crippen LogP contribution in [0.15, 0.2) is 18.2 Å². The monoisotopic (exact) mass is 298 g/mol. The Morgan fingerprint density at radius 2 is 2.00 bits per heavy atom. The third kappa shape index (κ3) is 3.62. The van der Waals surface area contributed by atoms with Crippen LogP contribution in [0.25, 0.3) is 0 Å². The summed E-state index contributed by atoms with van der Waals surface area (Å²) in [4.78, 5) is 0. The van der Waals surface area contributed by atoms with Gasteiger partial charge in [0.15, 0.2) is 11.5 Å². The third-order valence-corrected chi connectivity index (χ3v) is 4.64. The van der Waals surface area contributed by atoms with E-state index in [2.05, 4.69) is 10.0 Å². The Morgan fingerprint density at radius 3 is 2.80 bits per heavy atom. The maximum absolute atomic E-state index is 11.8. The SMILES string of the molecule is O=S(=O)(CCNC1CC1)NCc1ccc2c(c1)OCO2. The Morgan fingerprint density at radius 1 is 1.20 bits per heavy atom. The summed E-state index contributed by atoms with van der Waals surface area (Å²) in [6.07, 6.45) is 2.31. The van der Waals surface area contributed by atoms with Crippen molar-refractivity contribution in [1.29, 1.82) is 0 Å². The largest absolute Gasteiger partial charge is 0.454 e. The van der Waals surface area contributed by atoms with Crippen LogP contribution in [0.4, 0.5) is 0 Å². The second-order valence-electron chi connectivity index (χ2n) is 5.06. The van der Waals surface area contributed by atoms with Gasteiger partial charge in [0.1, 0.15) is 0 Å².